The average Bonchev–Trinajstić information content (AvgIpc) is 3.02. The van der Waals surface area contributed by atoms with Crippen LogP contribution in [0.15, 0.2) is 77.0 Å². The number of azo groups is 1. The summed E-state index contributed by atoms with van der Waals surface area (Å²) < 4.78 is 1.79. The minimum atomic E-state index is -0.412. The van der Waals surface area contributed by atoms with Crippen LogP contribution in [0.4, 0.5) is 11.4 Å². The summed E-state index contributed by atoms with van der Waals surface area (Å²) in [5.41, 5.74) is 2.07. The van der Waals surface area contributed by atoms with E-state index in [0.29, 0.717) is 12.2 Å². The van der Waals surface area contributed by atoms with E-state index >= 15 is 0 Å². The van der Waals surface area contributed by atoms with E-state index < -0.39 is 5.91 Å². The zero-order valence-electron chi connectivity index (χ0n) is 16.2. The molecule has 29 heavy (non-hydrogen) atoms. The highest BCUT2D eigenvalue weighted by molar-refractivity contribution is 5.96. The Balaban J connectivity index is 1.54. The lowest BCUT2D eigenvalue weighted by atomic mass is 10.1. The van der Waals surface area contributed by atoms with E-state index in [1.54, 1.807) is 4.57 Å². The highest BCUT2D eigenvalue weighted by Gasteiger charge is 2.16. The monoisotopic (exact) mass is 386 g/mol. The topological polar surface area (TPSA) is 79.0 Å². The molecule has 0 spiro atoms. The van der Waals surface area contributed by atoms with Crippen LogP contribution < -0.4 is 5.32 Å². The number of amides is 1. The second-order valence-corrected chi connectivity index (χ2v) is 6.82. The van der Waals surface area contributed by atoms with Crippen molar-refractivity contribution in [3.63, 3.8) is 0 Å². The van der Waals surface area contributed by atoms with Gasteiger partial charge in [0.05, 0.1) is 12.1 Å². The van der Waals surface area contributed by atoms with Crippen LogP contribution >= 0.6 is 0 Å². The summed E-state index contributed by atoms with van der Waals surface area (Å²) in [5, 5.41) is 24.5. The fourth-order valence-corrected chi connectivity index (χ4v) is 3.51. The summed E-state index contributed by atoms with van der Waals surface area (Å²) in [6.45, 7) is 2.72. The lowest BCUT2D eigenvalue weighted by Gasteiger charge is -2.07. The van der Waals surface area contributed by atoms with Crippen molar-refractivity contribution in [3.05, 3.63) is 66.7 Å². The smallest absolute Gasteiger partial charge is 0.283 e. The van der Waals surface area contributed by atoms with Gasteiger partial charge < -0.3 is 15.0 Å². The Kier molecular flexibility index (Phi) is 5.24. The van der Waals surface area contributed by atoms with Gasteiger partial charge in [-0.2, -0.15) is 0 Å². The molecule has 0 saturated carbocycles. The van der Waals surface area contributed by atoms with Gasteiger partial charge in [0.1, 0.15) is 0 Å². The van der Waals surface area contributed by atoms with Gasteiger partial charge in [0, 0.05) is 23.0 Å². The van der Waals surface area contributed by atoms with Gasteiger partial charge in [0.15, 0.2) is 5.69 Å². The second-order valence-electron chi connectivity index (χ2n) is 6.82. The van der Waals surface area contributed by atoms with Crippen LogP contribution in [0.25, 0.3) is 21.7 Å². The zero-order chi connectivity index (χ0) is 20.2. The molecule has 2 N–H and O–H groups in total. The Hall–Kier alpha value is -3.67. The predicted molar refractivity (Wildman–Crippen MR) is 116 cm³/mol. The Labute approximate surface area is 168 Å². The summed E-state index contributed by atoms with van der Waals surface area (Å²) in [6.07, 6.45) is 0.872. The number of para-hydroxylation sites is 1. The molecule has 0 bridgehead atoms. The molecule has 0 unspecified atom stereocenters. The molecule has 0 aliphatic carbocycles. The highest BCUT2D eigenvalue weighted by Crippen LogP contribution is 2.38. The Morgan fingerprint density at radius 2 is 1.72 bits per heavy atom. The van der Waals surface area contributed by atoms with E-state index in [2.05, 4.69) is 15.5 Å². The Bertz CT molecular complexity index is 1200. The summed E-state index contributed by atoms with van der Waals surface area (Å²) in [4.78, 5) is 12.3. The first-order chi connectivity index (χ1) is 14.2. The molecule has 4 rings (SSSR count). The summed E-state index contributed by atoms with van der Waals surface area (Å²) in [6, 6.07) is 21.4. The number of hydrogen-bond acceptors (Lipinski definition) is 4. The number of carbonyl (C=O) groups is 1. The molecule has 146 valence electrons. The molecule has 0 atom stereocenters. The number of hydrogen-bond donors (Lipinski definition) is 2. The lowest BCUT2D eigenvalue weighted by molar-refractivity contribution is -0.116. The van der Waals surface area contributed by atoms with Gasteiger partial charge in [-0.3, -0.25) is 4.79 Å². The molecule has 6 heteroatoms. The van der Waals surface area contributed by atoms with Crippen LogP contribution in [0.3, 0.4) is 0 Å². The summed E-state index contributed by atoms with van der Waals surface area (Å²) >= 11 is 0. The number of aryl methyl sites for hydroxylation is 1. The molecule has 1 heterocycles. The number of benzene rings is 3. The molecule has 0 saturated heterocycles. The number of carbonyl (C=O) groups excluding carboxylic acids is 1. The molecule has 4 aromatic rings. The maximum atomic E-state index is 12.3. The molecule has 1 amide bonds. The van der Waals surface area contributed by atoms with Crippen molar-refractivity contribution >= 4 is 39.0 Å². The zero-order valence-corrected chi connectivity index (χ0v) is 16.2. The minimum absolute atomic E-state index is 0.0197. The van der Waals surface area contributed by atoms with E-state index in [1.165, 1.54) is 0 Å². The van der Waals surface area contributed by atoms with Crippen molar-refractivity contribution in [1.29, 1.82) is 0 Å². The predicted octanol–water partition coefficient (Wildman–Crippen LogP) is 5.63. The van der Waals surface area contributed by atoms with Crippen molar-refractivity contribution in [2.75, 3.05) is 11.9 Å². The fourth-order valence-electron chi connectivity index (χ4n) is 3.51. The van der Waals surface area contributed by atoms with Gasteiger partial charge in [0.2, 0.25) is 5.88 Å². The van der Waals surface area contributed by atoms with Gasteiger partial charge >= 0.3 is 0 Å². The number of aromatic nitrogens is 1. The standard InChI is InChI=1S/C23H22N4O2/c1-2-14-27-20-13-6-5-11-18(20)22(23(27)29)26-25-21(28)15-24-19-12-7-9-16-8-3-4-10-17(16)19/h3-13,24,29H,2,14-15H2,1H3. The molecule has 0 radical (unpaired) electrons. The molecular weight excluding hydrogens is 364 g/mol. The van der Waals surface area contributed by atoms with E-state index in [1.807, 2.05) is 73.7 Å². The first kappa shape index (κ1) is 18.7. The van der Waals surface area contributed by atoms with Gasteiger partial charge in [-0.05, 0) is 23.9 Å². The largest absolute Gasteiger partial charge is 0.493 e. The van der Waals surface area contributed by atoms with Crippen molar-refractivity contribution in [2.45, 2.75) is 19.9 Å². The van der Waals surface area contributed by atoms with Crippen molar-refractivity contribution in [3.8, 4) is 5.88 Å². The summed E-state index contributed by atoms with van der Waals surface area (Å²) in [7, 11) is 0. The van der Waals surface area contributed by atoms with Crippen LogP contribution in [0.1, 0.15) is 13.3 Å². The fraction of sp³-hybridized carbons (Fsp3) is 0.174. The number of anilines is 1. The third kappa shape index (κ3) is 3.69. The van der Waals surface area contributed by atoms with Gasteiger partial charge in [-0.1, -0.05) is 61.5 Å². The third-order valence-corrected chi connectivity index (χ3v) is 4.85. The van der Waals surface area contributed by atoms with E-state index in [9.17, 15) is 9.90 Å². The number of nitrogens with one attached hydrogen (secondary N) is 1. The van der Waals surface area contributed by atoms with Gasteiger partial charge in [-0.15, -0.1) is 10.2 Å². The first-order valence-electron chi connectivity index (χ1n) is 9.65. The number of rotatable bonds is 6. The minimum Gasteiger partial charge on any atom is -0.493 e. The SMILES string of the molecule is CCCn1c(O)c(N=NC(=O)CNc2cccc3ccccc23)c2ccccc21. The number of fused-ring (bicyclic) bond motifs is 2. The van der Waals surface area contributed by atoms with Crippen LogP contribution in [0, 0.1) is 0 Å². The quantitative estimate of drug-likeness (QED) is 0.421. The molecule has 3 aromatic carbocycles. The summed E-state index contributed by atoms with van der Waals surface area (Å²) in [5.74, 6) is -0.378. The van der Waals surface area contributed by atoms with Crippen LogP contribution in [0.5, 0.6) is 5.88 Å². The molecule has 0 fully saturated rings. The molecule has 6 nitrogen and oxygen atoms in total. The molecule has 0 aliphatic rings. The Morgan fingerprint density at radius 1 is 1.00 bits per heavy atom. The maximum Gasteiger partial charge on any atom is 0.283 e. The van der Waals surface area contributed by atoms with Crippen molar-refractivity contribution in [2.24, 2.45) is 10.2 Å². The number of nitrogens with zero attached hydrogens (tertiary/aromatic N) is 3. The normalized spacial score (nSPS) is 11.5. The number of aromatic hydroxyl groups is 1. The highest BCUT2D eigenvalue weighted by atomic mass is 16.3. The van der Waals surface area contributed by atoms with E-state index in [4.69, 9.17) is 0 Å². The van der Waals surface area contributed by atoms with Crippen LogP contribution in [0.2, 0.25) is 0 Å². The first-order valence-corrected chi connectivity index (χ1v) is 9.65. The van der Waals surface area contributed by atoms with E-state index in [0.717, 1.165) is 33.8 Å². The van der Waals surface area contributed by atoms with Gasteiger partial charge in [0.25, 0.3) is 5.91 Å². The van der Waals surface area contributed by atoms with Crippen LogP contribution in [-0.4, -0.2) is 22.1 Å². The molecule has 0 aliphatic heterocycles. The third-order valence-electron chi connectivity index (χ3n) is 4.85. The second kappa shape index (κ2) is 8.14. The maximum absolute atomic E-state index is 12.3. The average molecular weight is 386 g/mol. The Morgan fingerprint density at radius 3 is 2.55 bits per heavy atom. The molecular formula is C23H22N4O2. The lowest BCUT2D eigenvalue weighted by Crippen LogP contribution is -2.11. The van der Waals surface area contributed by atoms with E-state index in [-0.39, 0.29) is 12.4 Å². The van der Waals surface area contributed by atoms with Gasteiger partial charge in [-0.25, -0.2) is 0 Å². The van der Waals surface area contributed by atoms with Crippen molar-refractivity contribution in [1.82, 2.24) is 4.57 Å². The molecule has 1 aromatic heterocycles. The van der Waals surface area contributed by atoms with Crippen LogP contribution in [-0.2, 0) is 11.3 Å². The van der Waals surface area contributed by atoms with Crippen molar-refractivity contribution < 1.29 is 9.90 Å².